The van der Waals surface area contributed by atoms with Crippen LogP contribution in [-0.2, 0) is 0 Å². The minimum Gasteiger partial charge on any atom is -0.396 e. The van der Waals surface area contributed by atoms with Crippen LogP contribution in [-0.4, -0.2) is 10.1 Å². The molecule has 7 heteroatoms. The molecule has 1 heterocycles. The number of nitrogens with two attached hydrogens (primary N) is 1. The van der Waals surface area contributed by atoms with Gasteiger partial charge in [-0.15, -0.1) is 0 Å². The van der Waals surface area contributed by atoms with Crippen molar-refractivity contribution in [2.45, 2.75) is 0 Å². The van der Waals surface area contributed by atoms with Gasteiger partial charge in [-0.2, -0.15) is 4.98 Å². The number of nitrogen functional groups attached to an aromatic ring is 1. The summed E-state index contributed by atoms with van der Waals surface area (Å²) in [4.78, 5) is 4.16. The van der Waals surface area contributed by atoms with Gasteiger partial charge in [0.05, 0.1) is 15.7 Å². The third kappa shape index (κ3) is 2.52. The first-order chi connectivity index (χ1) is 10.1. The van der Waals surface area contributed by atoms with Crippen molar-refractivity contribution in [2.75, 3.05) is 5.73 Å². The lowest BCUT2D eigenvalue weighted by molar-refractivity contribution is 0.432. The number of aromatic nitrogens is 2. The van der Waals surface area contributed by atoms with Crippen molar-refractivity contribution in [1.29, 1.82) is 0 Å². The van der Waals surface area contributed by atoms with Crippen LogP contribution in [0.4, 0.5) is 14.5 Å². The fourth-order valence-corrected chi connectivity index (χ4v) is 2.19. The maximum Gasteiger partial charge on any atom is 0.260 e. The molecule has 21 heavy (non-hydrogen) atoms. The first-order valence-electron chi connectivity index (χ1n) is 5.90. The second-order valence-electron chi connectivity index (χ2n) is 4.25. The second-order valence-corrected chi connectivity index (χ2v) is 5.11. The Bertz CT molecular complexity index is 820. The van der Waals surface area contributed by atoms with E-state index in [-0.39, 0.29) is 21.9 Å². The van der Waals surface area contributed by atoms with Gasteiger partial charge in [-0.05, 0) is 46.3 Å². The Balaban J connectivity index is 2.03. The third-order valence-electron chi connectivity index (χ3n) is 2.89. The van der Waals surface area contributed by atoms with Gasteiger partial charge in [0.15, 0.2) is 0 Å². The molecule has 1 aromatic heterocycles. The van der Waals surface area contributed by atoms with Crippen molar-refractivity contribution in [3.8, 4) is 22.8 Å². The molecule has 0 aliphatic rings. The normalized spacial score (nSPS) is 10.8. The summed E-state index contributed by atoms with van der Waals surface area (Å²) in [6.45, 7) is 0. The second kappa shape index (κ2) is 5.25. The molecule has 0 radical (unpaired) electrons. The van der Waals surface area contributed by atoms with E-state index in [4.69, 9.17) is 10.3 Å². The topological polar surface area (TPSA) is 64.9 Å². The van der Waals surface area contributed by atoms with Crippen molar-refractivity contribution in [3.05, 3.63) is 52.5 Å². The molecule has 3 aromatic rings. The highest BCUT2D eigenvalue weighted by molar-refractivity contribution is 9.10. The molecule has 0 aliphatic carbocycles. The Hall–Kier alpha value is -2.28. The van der Waals surface area contributed by atoms with Gasteiger partial charge in [0.25, 0.3) is 5.89 Å². The van der Waals surface area contributed by atoms with Gasteiger partial charge >= 0.3 is 0 Å². The van der Waals surface area contributed by atoms with E-state index in [1.807, 2.05) is 0 Å². The number of nitrogens with zero attached hydrogens (tertiary/aromatic N) is 2. The molecule has 0 bridgehead atoms. The van der Waals surface area contributed by atoms with Crippen LogP contribution in [0, 0.1) is 11.6 Å². The Morgan fingerprint density at radius 1 is 1.10 bits per heavy atom. The Morgan fingerprint density at radius 3 is 2.67 bits per heavy atom. The average Bonchev–Trinajstić information content (AvgIpc) is 2.94. The van der Waals surface area contributed by atoms with Crippen LogP contribution < -0.4 is 5.73 Å². The van der Waals surface area contributed by atoms with Gasteiger partial charge < -0.3 is 10.3 Å². The summed E-state index contributed by atoms with van der Waals surface area (Å²) in [6.07, 6.45) is 0. The summed E-state index contributed by atoms with van der Waals surface area (Å²) in [7, 11) is 0. The molecule has 4 nitrogen and oxygen atoms in total. The summed E-state index contributed by atoms with van der Waals surface area (Å²) >= 11 is 3.09. The van der Waals surface area contributed by atoms with Gasteiger partial charge in [-0.25, -0.2) is 8.78 Å². The van der Waals surface area contributed by atoms with Crippen molar-refractivity contribution in [3.63, 3.8) is 0 Å². The van der Waals surface area contributed by atoms with E-state index in [1.54, 1.807) is 6.07 Å². The van der Waals surface area contributed by atoms with E-state index < -0.39 is 11.6 Å². The van der Waals surface area contributed by atoms with Crippen molar-refractivity contribution in [1.82, 2.24) is 10.1 Å². The molecule has 0 unspecified atom stereocenters. The predicted molar refractivity (Wildman–Crippen MR) is 77.2 cm³/mol. The van der Waals surface area contributed by atoms with Crippen LogP contribution >= 0.6 is 15.9 Å². The van der Waals surface area contributed by atoms with Gasteiger partial charge in [0.2, 0.25) is 5.82 Å². The number of rotatable bonds is 2. The predicted octanol–water partition coefficient (Wildman–Crippen LogP) is 4.03. The Labute approximate surface area is 126 Å². The standard InChI is InChI=1S/C14H8BrF2N3O/c15-9-6-7(4-5-10(9)16)13-19-14(21-20-13)8-2-1-3-11(17)12(8)18/h1-6H,18H2. The minimum atomic E-state index is -0.559. The molecule has 2 aromatic carbocycles. The van der Waals surface area contributed by atoms with E-state index in [2.05, 4.69) is 26.1 Å². The van der Waals surface area contributed by atoms with Crippen molar-refractivity contribution < 1.29 is 13.3 Å². The highest BCUT2D eigenvalue weighted by Crippen LogP contribution is 2.29. The zero-order valence-electron chi connectivity index (χ0n) is 10.5. The number of anilines is 1. The van der Waals surface area contributed by atoms with Crippen LogP contribution in [0.5, 0.6) is 0 Å². The lowest BCUT2D eigenvalue weighted by atomic mass is 10.1. The minimum absolute atomic E-state index is 0.0620. The molecule has 2 N–H and O–H groups in total. The van der Waals surface area contributed by atoms with Gasteiger partial charge in [-0.1, -0.05) is 11.2 Å². The Morgan fingerprint density at radius 2 is 1.90 bits per heavy atom. The van der Waals surface area contributed by atoms with E-state index in [0.717, 1.165) is 0 Å². The summed E-state index contributed by atoms with van der Waals surface area (Å²) in [6, 6.07) is 8.65. The zero-order chi connectivity index (χ0) is 15.0. The fraction of sp³-hybridized carbons (Fsp3) is 0. The molecule has 0 amide bonds. The molecule has 0 fully saturated rings. The lowest BCUT2D eigenvalue weighted by Gasteiger charge is -2.00. The smallest absolute Gasteiger partial charge is 0.260 e. The van der Waals surface area contributed by atoms with E-state index >= 15 is 0 Å². The molecular formula is C14H8BrF2N3O. The number of hydrogen-bond donors (Lipinski definition) is 1. The largest absolute Gasteiger partial charge is 0.396 e. The summed E-state index contributed by atoms with van der Waals surface area (Å²) in [5.41, 5.74) is 6.46. The van der Waals surface area contributed by atoms with Gasteiger partial charge in [-0.3, -0.25) is 0 Å². The summed E-state index contributed by atoms with van der Waals surface area (Å²) < 4.78 is 32.0. The SMILES string of the molecule is Nc1c(F)cccc1-c1nc(-c2ccc(F)c(Br)c2)no1. The highest BCUT2D eigenvalue weighted by Gasteiger charge is 2.15. The van der Waals surface area contributed by atoms with Gasteiger partial charge in [0, 0.05) is 5.56 Å². The molecule has 0 spiro atoms. The lowest BCUT2D eigenvalue weighted by Crippen LogP contribution is -1.94. The first kappa shape index (κ1) is 13.7. The maximum atomic E-state index is 13.4. The van der Waals surface area contributed by atoms with Crippen LogP contribution in [0.2, 0.25) is 0 Å². The molecular weight excluding hydrogens is 344 g/mol. The monoisotopic (exact) mass is 351 g/mol. The number of hydrogen-bond acceptors (Lipinski definition) is 4. The quantitative estimate of drug-likeness (QED) is 0.708. The molecule has 3 rings (SSSR count). The van der Waals surface area contributed by atoms with Gasteiger partial charge in [0.1, 0.15) is 11.6 Å². The number of halogens is 3. The summed E-state index contributed by atoms with van der Waals surface area (Å²) in [5.74, 6) is -0.592. The van der Waals surface area contributed by atoms with Crippen LogP contribution in [0.15, 0.2) is 45.4 Å². The molecule has 0 saturated carbocycles. The van der Waals surface area contributed by atoms with Crippen molar-refractivity contribution >= 4 is 21.6 Å². The number of benzene rings is 2. The third-order valence-corrected chi connectivity index (χ3v) is 3.49. The molecule has 0 aliphatic heterocycles. The van der Waals surface area contributed by atoms with Crippen LogP contribution in [0.25, 0.3) is 22.8 Å². The van der Waals surface area contributed by atoms with E-state index in [9.17, 15) is 8.78 Å². The molecule has 106 valence electrons. The van der Waals surface area contributed by atoms with Crippen LogP contribution in [0.3, 0.4) is 0 Å². The maximum absolute atomic E-state index is 13.4. The van der Waals surface area contributed by atoms with E-state index in [1.165, 1.54) is 30.3 Å². The average molecular weight is 352 g/mol. The molecule has 0 atom stereocenters. The number of para-hydroxylation sites is 1. The Kier molecular flexibility index (Phi) is 3.42. The van der Waals surface area contributed by atoms with Crippen LogP contribution in [0.1, 0.15) is 0 Å². The fourth-order valence-electron chi connectivity index (χ4n) is 1.81. The zero-order valence-corrected chi connectivity index (χ0v) is 12.1. The summed E-state index contributed by atoms with van der Waals surface area (Å²) in [5, 5.41) is 3.80. The van der Waals surface area contributed by atoms with E-state index in [0.29, 0.717) is 11.1 Å². The van der Waals surface area contributed by atoms with Crippen molar-refractivity contribution in [2.24, 2.45) is 0 Å². The first-order valence-corrected chi connectivity index (χ1v) is 6.69. The highest BCUT2D eigenvalue weighted by atomic mass is 79.9. The molecule has 0 saturated heterocycles.